The Labute approximate surface area is 242 Å². The molecule has 196 valence electrons. The molecule has 0 aliphatic heterocycles. The van der Waals surface area contributed by atoms with Crippen LogP contribution in [-0.2, 0) is 12.8 Å². The molecule has 0 nitrogen and oxygen atoms in total. The van der Waals surface area contributed by atoms with Gasteiger partial charge in [0.15, 0.2) is 0 Å². The third-order valence-corrected chi connectivity index (χ3v) is 9.52. The van der Waals surface area contributed by atoms with Gasteiger partial charge in [-0.15, -0.1) is 0 Å². The van der Waals surface area contributed by atoms with Crippen LogP contribution in [0, 0.1) is 5.41 Å². The summed E-state index contributed by atoms with van der Waals surface area (Å²) < 4.78 is 0. The van der Waals surface area contributed by atoms with Crippen LogP contribution in [0.4, 0.5) is 0 Å². The van der Waals surface area contributed by atoms with E-state index in [0.717, 1.165) is 12.8 Å². The summed E-state index contributed by atoms with van der Waals surface area (Å²) in [5.41, 5.74) is 13.9. The number of hydrogen-bond donors (Lipinski definition) is 0. The van der Waals surface area contributed by atoms with Gasteiger partial charge in [0.25, 0.3) is 0 Å². The minimum absolute atomic E-state index is 0.0284. The Bertz CT molecular complexity index is 1920. The number of allylic oxidation sites excluding steroid dienone is 2. The molecule has 0 atom stereocenters. The molecule has 0 N–H and O–H groups in total. The quantitative estimate of drug-likeness (QED) is 0.215. The van der Waals surface area contributed by atoms with Gasteiger partial charge < -0.3 is 0 Å². The molecule has 6 aromatic rings. The summed E-state index contributed by atoms with van der Waals surface area (Å²) in [5.74, 6) is 0. The first kappa shape index (κ1) is 24.1. The van der Waals surface area contributed by atoms with Gasteiger partial charge in [-0.1, -0.05) is 146 Å². The van der Waals surface area contributed by atoms with Gasteiger partial charge in [-0.2, -0.15) is 0 Å². The van der Waals surface area contributed by atoms with Crippen LogP contribution in [0.2, 0.25) is 0 Å². The Morgan fingerprint density at radius 1 is 0.439 bits per heavy atom. The highest BCUT2D eigenvalue weighted by molar-refractivity contribution is 5.92. The van der Waals surface area contributed by atoms with Gasteiger partial charge >= 0.3 is 0 Å². The fourth-order valence-corrected chi connectivity index (χ4v) is 6.96. The number of fused-ring (bicyclic) bond motifs is 4. The predicted molar refractivity (Wildman–Crippen MR) is 176 cm³/mol. The van der Waals surface area contributed by atoms with Gasteiger partial charge in [-0.05, 0) is 91.0 Å². The van der Waals surface area contributed by atoms with E-state index in [4.69, 9.17) is 0 Å². The van der Waals surface area contributed by atoms with Gasteiger partial charge in [0.2, 0.25) is 0 Å². The van der Waals surface area contributed by atoms with Crippen molar-refractivity contribution >= 4 is 33.7 Å². The summed E-state index contributed by atoms with van der Waals surface area (Å²) in [6, 6.07) is 44.7. The van der Waals surface area contributed by atoms with Gasteiger partial charge in [0.05, 0.1) is 0 Å². The molecule has 0 fully saturated rings. The molecular formula is C41H32. The lowest BCUT2D eigenvalue weighted by molar-refractivity contribution is 0.526. The molecule has 0 heterocycles. The Morgan fingerprint density at radius 2 is 0.878 bits per heavy atom. The first-order chi connectivity index (χ1) is 20.0. The molecule has 0 radical (unpaired) electrons. The predicted octanol–water partition coefficient (Wildman–Crippen LogP) is 10.9. The van der Waals surface area contributed by atoms with Crippen molar-refractivity contribution in [2.75, 3.05) is 0 Å². The molecule has 2 aliphatic carbocycles. The van der Waals surface area contributed by atoms with Crippen molar-refractivity contribution in [3.63, 3.8) is 0 Å². The molecule has 0 unspecified atom stereocenters. The lowest BCUT2D eigenvalue weighted by atomic mass is 9.75. The molecule has 0 saturated carbocycles. The van der Waals surface area contributed by atoms with Crippen molar-refractivity contribution < 1.29 is 0 Å². The van der Waals surface area contributed by atoms with Crippen molar-refractivity contribution in [1.29, 1.82) is 0 Å². The Kier molecular flexibility index (Phi) is 5.41. The maximum absolute atomic E-state index is 2.49. The van der Waals surface area contributed by atoms with Crippen LogP contribution in [0.1, 0.15) is 36.1 Å². The molecule has 41 heavy (non-hydrogen) atoms. The molecule has 8 rings (SSSR count). The second-order valence-electron chi connectivity index (χ2n) is 12.2. The van der Waals surface area contributed by atoms with Crippen LogP contribution in [0.25, 0.3) is 56.0 Å². The maximum atomic E-state index is 2.49. The zero-order valence-corrected chi connectivity index (χ0v) is 23.6. The summed E-state index contributed by atoms with van der Waals surface area (Å²) in [6.07, 6.45) is 7.01. The molecule has 0 heteroatoms. The molecule has 0 bridgehead atoms. The molecule has 0 aromatic heterocycles. The topological polar surface area (TPSA) is 0 Å². The van der Waals surface area contributed by atoms with E-state index >= 15 is 0 Å². The van der Waals surface area contributed by atoms with Crippen molar-refractivity contribution in [2.24, 2.45) is 5.41 Å². The van der Waals surface area contributed by atoms with Crippen LogP contribution in [0.3, 0.4) is 0 Å². The lowest BCUT2D eigenvalue weighted by Gasteiger charge is -2.28. The average molecular weight is 525 g/mol. The Balaban J connectivity index is 1.16. The molecule has 0 amide bonds. The molecule has 6 aromatic carbocycles. The molecule has 2 aliphatic rings. The third-order valence-electron chi connectivity index (χ3n) is 9.52. The number of benzene rings is 6. The molecule has 0 saturated heterocycles. The van der Waals surface area contributed by atoms with Crippen LogP contribution in [0.15, 0.2) is 132 Å². The van der Waals surface area contributed by atoms with Crippen molar-refractivity contribution in [3.05, 3.63) is 155 Å². The summed E-state index contributed by atoms with van der Waals surface area (Å²) >= 11 is 0. The lowest BCUT2D eigenvalue weighted by Crippen LogP contribution is -2.18. The van der Waals surface area contributed by atoms with Crippen LogP contribution in [0.5, 0.6) is 0 Å². The molecular weight excluding hydrogens is 492 g/mol. The van der Waals surface area contributed by atoms with Crippen LogP contribution >= 0.6 is 0 Å². The second kappa shape index (κ2) is 9.18. The van der Waals surface area contributed by atoms with Gasteiger partial charge in [-0.3, -0.25) is 0 Å². The minimum Gasteiger partial charge on any atom is -0.0616 e. The van der Waals surface area contributed by atoms with E-state index in [0.29, 0.717) is 0 Å². The highest BCUT2D eigenvalue weighted by Gasteiger charge is 2.34. The van der Waals surface area contributed by atoms with Crippen LogP contribution in [-0.4, -0.2) is 0 Å². The Morgan fingerprint density at radius 3 is 1.34 bits per heavy atom. The summed E-state index contributed by atoms with van der Waals surface area (Å²) in [4.78, 5) is 0. The first-order valence-electron chi connectivity index (χ1n) is 14.7. The van der Waals surface area contributed by atoms with Crippen molar-refractivity contribution in [1.82, 2.24) is 0 Å². The van der Waals surface area contributed by atoms with Gasteiger partial charge in [0.1, 0.15) is 0 Å². The third kappa shape index (κ3) is 3.98. The van der Waals surface area contributed by atoms with Crippen LogP contribution < -0.4 is 0 Å². The smallest absolute Gasteiger partial charge is 0.00773 e. The van der Waals surface area contributed by atoms with Gasteiger partial charge in [0, 0.05) is 5.41 Å². The van der Waals surface area contributed by atoms with E-state index in [-0.39, 0.29) is 5.41 Å². The monoisotopic (exact) mass is 524 g/mol. The van der Waals surface area contributed by atoms with Crippen molar-refractivity contribution in [2.45, 2.75) is 26.7 Å². The zero-order valence-electron chi connectivity index (χ0n) is 23.6. The first-order valence-corrected chi connectivity index (χ1v) is 14.7. The second-order valence-corrected chi connectivity index (χ2v) is 12.2. The Hall–Kier alpha value is -4.68. The van der Waals surface area contributed by atoms with E-state index in [1.165, 1.54) is 77.2 Å². The average Bonchev–Trinajstić information content (AvgIpc) is 3.66. The van der Waals surface area contributed by atoms with E-state index < -0.39 is 0 Å². The van der Waals surface area contributed by atoms with Crippen molar-refractivity contribution in [3.8, 4) is 22.3 Å². The molecule has 0 spiro atoms. The fourth-order valence-electron chi connectivity index (χ4n) is 6.96. The summed E-state index contributed by atoms with van der Waals surface area (Å²) in [5, 5.41) is 5.16. The zero-order chi connectivity index (χ0) is 27.6. The SMILES string of the molecule is CC(C)(C1=Cc2c(cccc2-c2ccc3ccccc3c2)C1)C1=Cc2c(cccc2-c2ccc3ccccc3c2)C1. The largest absolute Gasteiger partial charge is 0.0616 e. The number of hydrogen-bond acceptors (Lipinski definition) is 0. The number of rotatable bonds is 4. The van der Waals surface area contributed by atoms with E-state index in [1.807, 2.05) is 0 Å². The highest BCUT2D eigenvalue weighted by atomic mass is 14.4. The summed E-state index contributed by atoms with van der Waals surface area (Å²) in [7, 11) is 0. The standard InChI is InChI=1S/C41H32/c1-41(2,35-23-31-13-7-15-37(39(31)25-35)33-19-17-27-9-3-5-11-29(27)21-33)36-24-32-14-8-16-38(40(32)26-36)34-20-18-28-10-4-6-12-30(28)22-34/h3-22,25-26H,23-24H2,1-2H3. The normalized spacial score (nSPS) is 14.2. The fraction of sp³-hybridized carbons (Fsp3) is 0.122. The van der Waals surface area contributed by atoms with E-state index in [2.05, 4.69) is 147 Å². The summed E-state index contributed by atoms with van der Waals surface area (Å²) in [6.45, 7) is 4.85. The highest BCUT2D eigenvalue weighted by Crippen LogP contribution is 2.48. The van der Waals surface area contributed by atoms with E-state index in [9.17, 15) is 0 Å². The minimum atomic E-state index is -0.0284. The van der Waals surface area contributed by atoms with Gasteiger partial charge in [-0.25, -0.2) is 0 Å². The maximum Gasteiger partial charge on any atom is 0.00773 e. The van der Waals surface area contributed by atoms with E-state index in [1.54, 1.807) is 0 Å².